The Hall–Kier alpha value is -0.910. The molecular formula is C16H22N2O2S. The predicted molar refractivity (Wildman–Crippen MR) is 82.4 cm³/mol. The third-order valence-electron chi connectivity index (χ3n) is 4.94. The molecule has 1 unspecified atom stereocenters. The van der Waals surface area contributed by atoms with Gasteiger partial charge in [0.25, 0.3) is 0 Å². The van der Waals surface area contributed by atoms with Crippen molar-refractivity contribution >= 4 is 17.2 Å². The summed E-state index contributed by atoms with van der Waals surface area (Å²) in [5, 5.41) is 5.38. The maximum absolute atomic E-state index is 12.6. The van der Waals surface area contributed by atoms with Crippen molar-refractivity contribution in [1.82, 2.24) is 10.2 Å². The molecule has 3 heterocycles. The first-order valence-electron chi connectivity index (χ1n) is 7.87. The molecule has 1 aromatic heterocycles. The Morgan fingerprint density at radius 2 is 2.33 bits per heavy atom. The second-order valence-electron chi connectivity index (χ2n) is 6.76. The molecule has 5 heteroatoms. The van der Waals surface area contributed by atoms with Crippen molar-refractivity contribution in [2.45, 2.75) is 37.8 Å². The van der Waals surface area contributed by atoms with Gasteiger partial charge >= 0.3 is 0 Å². The zero-order valence-electron chi connectivity index (χ0n) is 12.4. The van der Waals surface area contributed by atoms with E-state index in [4.69, 9.17) is 4.74 Å². The van der Waals surface area contributed by atoms with E-state index in [1.54, 1.807) is 0 Å². The van der Waals surface area contributed by atoms with E-state index in [9.17, 15) is 4.79 Å². The fourth-order valence-electron chi connectivity index (χ4n) is 3.44. The van der Waals surface area contributed by atoms with Crippen molar-refractivity contribution in [1.29, 1.82) is 0 Å². The third kappa shape index (κ3) is 2.51. The minimum atomic E-state index is -0.145. The quantitative estimate of drug-likeness (QED) is 0.924. The van der Waals surface area contributed by atoms with Gasteiger partial charge in [-0.3, -0.25) is 4.79 Å². The molecule has 0 radical (unpaired) electrons. The van der Waals surface area contributed by atoms with Gasteiger partial charge in [0.15, 0.2) is 0 Å². The molecule has 21 heavy (non-hydrogen) atoms. The van der Waals surface area contributed by atoms with Gasteiger partial charge in [0, 0.05) is 24.5 Å². The van der Waals surface area contributed by atoms with Gasteiger partial charge < -0.3 is 15.0 Å². The Bertz CT molecular complexity index is 548. The van der Waals surface area contributed by atoms with Crippen molar-refractivity contribution < 1.29 is 9.53 Å². The van der Waals surface area contributed by atoms with Crippen LogP contribution in [-0.2, 0) is 16.0 Å². The summed E-state index contributed by atoms with van der Waals surface area (Å²) in [4.78, 5) is 16.2. The molecule has 4 nitrogen and oxygen atoms in total. The van der Waals surface area contributed by atoms with Crippen LogP contribution in [0.2, 0.25) is 0 Å². The topological polar surface area (TPSA) is 41.6 Å². The van der Waals surface area contributed by atoms with E-state index in [-0.39, 0.29) is 18.1 Å². The standard InChI is InChI=1S/C16H22N2O2S/c1-16(9-17-10-16)20-8-14(19)18-6-4-13-12(5-7-21-13)15(18)11-2-3-11/h5,7,11,15,17H,2-4,6,8-10H2,1H3. The summed E-state index contributed by atoms with van der Waals surface area (Å²) in [5.41, 5.74) is 1.26. The van der Waals surface area contributed by atoms with Gasteiger partial charge in [-0.15, -0.1) is 11.3 Å². The van der Waals surface area contributed by atoms with Crippen molar-refractivity contribution in [3.8, 4) is 0 Å². The molecule has 2 aliphatic heterocycles. The summed E-state index contributed by atoms with van der Waals surface area (Å²) in [7, 11) is 0. The number of nitrogens with one attached hydrogen (secondary N) is 1. The molecule has 0 bridgehead atoms. The average Bonchev–Trinajstić information content (AvgIpc) is 3.18. The van der Waals surface area contributed by atoms with Gasteiger partial charge in [-0.1, -0.05) is 0 Å². The molecule has 1 aromatic rings. The molecule has 3 aliphatic rings. The van der Waals surface area contributed by atoms with Crippen LogP contribution < -0.4 is 5.32 Å². The summed E-state index contributed by atoms with van der Waals surface area (Å²) in [5.74, 6) is 0.834. The molecule has 1 aliphatic carbocycles. The highest BCUT2D eigenvalue weighted by molar-refractivity contribution is 7.10. The van der Waals surface area contributed by atoms with E-state index in [1.165, 1.54) is 23.3 Å². The number of hydrogen-bond acceptors (Lipinski definition) is 4. The molecule has 1 amide bonds. The first-order valence-corrected chi connectivity index (χ1v) is 8.75. The largest absolute Gasteiger partial charge is 0.363 e. The molecule has 2 fully saturated rings. The Morgan fingerprint density at radius 3 is 3.00 bits per heavy atom. The zero-order chi connectivity index (χ0) is 14.4. The fraction of sp³-hybridized carbons (Fsp3) is 0.688. The number of hydrogen-bond donors (Lipinski definition) is 1. The van der Waals surface area contributed by atoms with Gasteiger partial charge in [0.2, 0.25) is 5.91 Å². The Morgan fingerprint density at radius 1 is 1.52 bits per heavy atom. The maximum Gasteiger partial charge on any atom is 0.249 e. The molecular weight excluding hydrogens is 284 g/mol. The van der Waals surface area contributed by atoms with Gasteiger partial charge in [-0.05, 0) is 49.1 Å². The third-order valence-corrected chi connectivity index (χ3v) is 5.94. The van der Waals surface area contributed by atoms with Crippen LogP contribution in [0.3, 0.4) is 0 Å². The van der Waals surface area contributed by atoms with Crippen LogP contribution in [0.15, 0.2) is 11.4 Å². The van der Waals surface area contributed by atoms with Crippen molar-refractivity contribution in [2.75, 3.05) is 26.2 Å². The average molecular weight is 306 g/mol. The highest BCUT2D eigenvalue weighted by atomic mass is 32.1. The smallest absolute Gasteiger partial charge is 0.249 e. The molecule has 0 aromatic carbocycles. The lowest BCUT2D eigenvalue weighted by Crippen LogP contribution is -2.60. The highest BCUT2D eigenvalue weighted by Crippen LogP contribution is 2.48. The van der Waals surface area contributed by atoms with Crippen LogP contribution in [0.25, 0.3) is 0 Å². The lowest BCUT2D eigenvalue weighted by Gasteiger charge is -2.41. The molecule has 4 rings (SSSR count). The number of rotatable bonds is 4. The summed E-state index contributed by atoms with van der Waals surface area (Å²) in [6.45, 7) is 4.84. The second kappa shape index (κ2) is 5.07. The molecule has 0 spiro atoms. The summed E-state index contributed by atoms with van der Waals surface area (Å²) in [6, 6.07) is 2.53. The number of amides is 1. The van der Waals surface area contributed by atoms with E-state index >= 15 is 0 Å². The number of thiophene rings is 1. The highest BCUT2D eigenvalue weighted by Gasteiger charge is 2.42. The van der Waals surface area contributed by atoms with Crippen molar-refractivity contribution in [3.05, 3.63) is 21.9 Å². The van der Waals surface area contributed by atoms with Crippen LogP contribution in [0.1, 0.15) is 36.2 Å². The Labute approximate surface area is 129 Å². The number of carbonyl (C=O) groups is 1. The van der Waals surface area contributed by atoms with Crippen LogP contribution in [0.4, 0.5) is 0 Å². The summed E-state index contributed by atoms with van der Waals surface area (Å²) in [6.07, 6.45) is 3.51. The monoisotopic (exact) mass is 306 g/mol. The van der Waals surface area contributed by atoms with Crippen LogP contribution in [0.5, 0.6) is 0 Å². The van der Waals surface area contributed by atoms with E-state index in [0.29, 0.717) is 12.0 Å². The normalized spacial score (nSPS) is 27.1. The first kappa shape index (κ1) is 13.7. The lowest BCUT2D eigenvalue weighted by atomic mass is 9.96. The molecule has 1 saturated heterocycles. The number of nitrogens with zero attached hydrogens (tertiary/aromatic N) is 1. The van der Waals surface area contributed by atoms with Crippen molar-refractivity contribution in [3.63, 3.8) is 0 Å². The van der Waals surface area contributed by atoms with Crippen LogP contribution in [0, 0.1) is 5.92 Å². The minimum Gasteiger partial charge on any atom is -0.363 e. The number of fused-ring (bicyclic) bond motifs is 1. The number of carbonyl (C=O) groups excluding carboxylic acids is 1. The fourth-order valence-corrected chi connectivity index (χ4v) is 4.36. The van der Waals surface area contributed by atoms with Gasteiger partial charge in [-0.2, -0.15) is 0 Å². The Balaban J connectivity index is 1.47. The maximum atomic E-state index is 12.6. The molecule has 1 atom stereocenters. The molecule has 114 valence electrons. The second-order valence-corrected chi connectivity index (χ2v) is 7.76. The van der Waals surface area contributed by atoms with Crippen LogP contribution >= 0.6 is 11.3 Å². The van der Waals surface area contributed by atoms with Gasteiger partial charge in [0.1, 0.15) is 6.61 Å². The Kier molecular flexibility index (Phi) is 3.32. The molecule has 1 saturated carbocycles. The lowest BCUT2D eigenvalue weighted by molar-refractivity contribution is -0.149. The SMILES string of the molecule is CC1(OCC(=O)N2CCc3sccc3C2C2CC2)CNC1. The van der Waals surface area contributed by atoms with Crippen LogP contribution in [-0.4, -0.2) is 42.6 Å². The first-order chi connectivity index (χ1) is 10.2. The van der Waals surface area contributed by atoms with E-state index < -0.39 is 0 Å². The summed E-state index contributed by atoms with van der Waals surface area (Å²) < 4.78 is 5.85. The zero-order valence-corrected chi connectivity index (χ0v) is 13.2. The van der Waals surface area contributed by atoms with E-state index in [2.05, 4.69) is 28.6 Å². The van der Waals surface area contributed by atoms with Gasteiger partial charge in [0.05, 0.1) is 11.6 Å². The van der Waals surface area contributed by atoms with Gasteiger partial charge in [-0.25, -0.2) is 0 Å². The number of ether oxygens (including phenoxy) is 1. The van der Waals surface area contributed by atoms with Crippen molar-refractivity contribution in [2.24, 2.45) is 5.92 Å². The summed E-state index contributed by atoms with van der Waals surface area (Å²) >= 11 is 1.84. The molecule has 1 N–H and O–H groups in total. The van der Waals surface area contributed by atoms with E-state index in [1.807, 2.05) is 11.3 Å². The van der Waals surface area contributed by atoms with E-state index in [0.717, 1.165) is 26.1 Å². The predicted octanol–water partition coefficient (Wildman–Crippen LogP) is 1.96. The minimum absolute atomic E-state index is 0.145.